The summed E-state index contributed by atoms with van der Waals surface area (Å²) in [6.45, 7) is 3.44. The van der Waals surface area contributed by atoms with E-state index in [1.165, 1.54) is 10.9 Å². The molecule has 50 heavy (non-hydrogen) atoms. The van der Waals surface area contributed by atoms with Gasteiger partial charge < -0.3 is 28.4 Å². The van der Waals surface area contributed by atoms with Gasteiger partial charge in [-0.15, -0.1) is 0 Å². The Labute approximate surface area is 288 Å². The molecule has 0 bridgehead atoms. The Kier molecular flexibility index (Phi) is 10.5. The molecule has 3 heterocycles. The molecule has 0 saturated carbocycles. The van der Waals surface area contributed by atoms with Crippen molar-refractivity contribution in [3.63, 3.8) is 0 Å². The van der Waals surface area contributed by atoms with Crippen LogP contribution in [0.2, 0.25) is 0 Å². The highest BCUT2D eigenvalue weighted by molar-refractivity contribution is 7.32. The number of anilines is 1. The zero-order valence-corrected chi connectivity index (χ0v) is 28.9. The Morgan fingerprint density at radius 3 is 2.18 bits per heavy atom. The van der Waals surface area contributed by atoms with Crippen molar-refractivity contribution in [2.24, 2.45) is 5.92 Å². The second-order valence-corrected chi connectivity index (χ2v) is 12.8. The molecule has 1 aliphatic rings. The number of nitrogens with one attached hydrogen (secondary N) is 2. The van der Waals surface area contributed by atoms with Crippen molar-refractivity contribution in [3.05, 3.63) is 112 Å². The van der Waals surface area contributed by atoms with Crippen molar-refractivity contribution in [1.29, 1.82) is 0 Å². The summed E-state index contributed by atoms with van der Waals surface area (Å²) in [5.41, 5.74) is 0.856. The third kappa shape index (κ3) is 7.07. The van der Waals surface area contributed by atoms with Gasteiger partial charge in [0.2, 0.25) is 11.9 Å². The summed E-state index contributed by atoms with van der Waals surface area (Å²) in [6.07, 6.45) is -1.07. The molecule has 14 nitrogen and oxygen atoms in total. The van der Waals surface area contributed by atoms with Crippen molar-refractivity contribution in [1.82, 2.24) is 19.5 Å². The van der Waals surface area contributed by atoms with Crippen molar-refractivity contribution in [2.75, 3.05) is 26.1 Å². The Morgan fingerprint density at radius 2 is 1.62 bits per heavy atom. The van der Waals surface area contributed by atoms with Gasteiger partial charge in [-0.2, -0.15) is 4.98 Å². The van der Waals surface area contributed by atoms with E-state index in [1.807, 2.05) is 78.9 Å². The van der Waals surface area contributed by atoms with E-state index in [2.05, 4.69) is 20.3 Å². The van der Waals surface area contributed by atoms with Crippen LogP contribution in [0.25, 0.3) is 11.2 Å². The molecule has 1 fully saturated rings. The maximum atomic E-state index is 12.9. The molecule has 5 aromatic rings. The lowest BCUT2D eigenvalue weighted by molar-refractivity contribution is -0.118. The first-order valence-corrected chi connectivity index (χ1v) is 17.2. The third-order valence-electron chi connectivity index (χ3n) is 8.53. The number of methoxy groups -OCH3 is 2. The highest BCUT2D eigenvalue weighted by Gasteiger charge is 2.43. The van der Waals surface area contributed by atoms with E-state index in [0.717, 1.165) is 16.7 Å². The molecular weight excluding hydrogens is 665 g/mol. The normalized spacial score (nSPS) is 18.3. The van der Waals surface area contributed by atoms with Gasteiger partial charge in [-0.25, -0.2) is 4.98 Å². The summed E-state index contributed by atoms with van der Waals surface area (Å²) >= 11 is 0. The zero-order chi connectivity index (χ0) is 35.4. The van der Waals surface area contributed by atoms with E-state index in [-0.39, 0.29) is 42.0 Å². The van der Waals surface area contributed by atoms with Crippen molar-refractivity contribution >= 4 is 31.3 Å². The van der Waals surface area contributed by atoms with Gasteiger partial charge >= 0.3 is 8.25 Å². The molecule has 15 heteroatoms. The highest BCUT2D eigenvalue weighted by atomic mass is 31.1. The number of rotatable bonds is 13. The summed E-state index contributed by atoms with van der Waals surface area (Å²) in [6, 6.07) is 25.0. The van der Waals surface area contributed by atoms with Crippen LogP contribution in [-0.2, 0) is 29.0 Å². The monoisotopic (exact) mass is 703 g/mol. The van der Waals surface area contributed by atoms with Gasteiger partial charge in [-0.05, 0) is 41.0 Å². The molecule has 4 atom stereocenters. The number of ether oxygens (including phenoxy) is 4. The van der Waals surface area contributed by atoms with Crippen LogP contribution in [-0.4, -0.2) is 63.4 Å². The largest absolute Gasteiger partial charge is 0.497 e. The number of imidazole rings is 1. The highest BCUT2D eigenvalue weighted by Crippen LogP contribution is 2.44. The fraction of sp³-hybridized carbons (Fsp3) is 0.314. The van der Waals surface area contributed by atoms with Gasteiger partial charge in [-0.1, -0.05) is 68.4 Å². The molecule has 3 aromatic carbocycles. The van der Waals surface area contributed by atoms with Crippen LogP contribution in [0.1, 0.15) is 43.2 Å². The van der Waals surface area contributed by atoms with Crippen LogP contribution >= 0.6 is 8.25 Å². The van der Waals surface area contributed by atoms with E-state index in [9.17, 15) is 19.0 Å². The first-order chi connectivity index (χ1) is 24.1. The van der Waals surface area contributed by atoms with Gasteiger partial charge in [0.25, 0.3) is 5.56 Å². The van der Waals surface area contributed by atoms with E-state index in [1.54, 1.807) is 28.1 Å². The van der Waals surface area contributed by atoms with Crippen molar-refractivity contribution < 1.29 is 37.7 Å². The molecule has 1 amide bonds. The molecule has 0 aliphatic carbocycles. The predicted octanol–water partition coefficient (Wildman–Crippen LogP) is 4.79. The topological polar surface area (TPSA) is 176 Å². The third-order valence-corrected chi connectivity index (χ3v) is 9.03. The van der Waals surface area contributed by atoms with Gasteiger partial charge in [-0.3, -0.25) is 29.0 Å². The molecule has 2 aromatic heterocycles. The lowest BCUT2D eigenvalue weighted by atomic mass is 9.80. The predicted molar refractivity (Wildman–Crippen MR) is 185 cm³/mol. The first-order valence-electron chi connectivity index (χ1n) is 15.9. The molecule has 1 saturated heterocycles. The number of hydrogen-bond acceptors (Lipinski definition) is 10. The summed E-state index contributed by atoms with van der Waals surface area (Å²) in [4.78, 5) is 46.2. The number of carbonyl (C=O) groups is 1. The summed E-state index contributed by atoms with van der Waals surface area (Å²) in [5, 5.41) is 2.59. The lowest BCUT2D eigenvalue weighted by Gasteiger charge is -2.37. The van der Waals surface area contributed by atoms with Crippen molar-refractivity contribution in [2.45, 2.75) is 44.3 Å². The van der Waals surface area contributed by atoms with Gasteiger partial charge in [0, 0.05) is 12.3 Å². The fourth-order valence-electron chi connectivity index (χ4n) is 6.03. The quantitative estimate of drug-likeness (QED) is 0.114. The van der Waals surface area contributed by atoms with Crippen molar-refractivity contribution in [3.8, 4) is 11.5 Å². The second-order valence-electron chi connectivity index (χ2n) is 12.0. The maximum absolute atomic E-state index is 12.9. The lowest BCUT2D eigenvalue weighted by Crippen LogP contribution is -2.35. The van der Waals surface area contributed by atoms with Crippen LogP contribution in [0.3, 0.4) is 0 Å². The van der Waals surface area contributed by atoms with E-state index in [4.69, 9.17) is 23.5 Å². The van der Waals surface area contributed by atoms with E-state index < -0.39 is 37.9 Å². The van der Waals surface area contributed by atoms with E-state index >= 15 is 0 Å². The minimum atomic E-state index is -3.41. The van der Waals surface area contributed by atoms with Crippen LogP contribution in [0.4, 0.5) is 5.95 Å². The summed E-state index contributed by atoms with van der Waals surface area (Å²) in [5.74, 6) is 0.583. The number of aromatic nitrogens is 4. The first kappa shape index (κ1) is 35.0. The smallest absolute Gasteiger partial charge is 0.317 e. The molecular formula is C35H38N5O9P. The minimum absolute atomic E-state index is 0.00615. The summed E-state index contributed by atoms with van der Waals surface area (Å²) in [7, 11) is -0.211. The Morgan fingerprint density at radius 1 is 1.02 bits per heavy atom. The number of benzene rings is 3. The van der Waals surface area contributed by atoms with Crippen LogP contribution in [0.5, 0.6) is 11.5 Å². The molecule has 1 unspecified atom stereocenters. The molecule has 262 valence electrons. The van der Waals surface area contributed by atoms with Gasteiger partial charge in [0.05, 0.1) is 33.3 Å². The second kappa shape index (κ2) is 15.0. The zero-order valence-electron chi connectivity index (χ0n) is 27.9. The van der Waals surface area contributed by atoms with Gasteiger partial charge in [0.15, 0.2) is 17.4 Å². The number of H-pyrrole nitrogens is 1. The number of aromatic amines is 1. The number of carbonyl (C=O) groups excluding carboxylic acids is 1. The molecule has 1 aliphatic heterocycles. The number of nitrogens with zero attached hydrogens (tertiary/aromatic N) is 3. The Balaban J connectivity index is 1.38. The number of amides is 1. The number of hydrogen-bond donors (Lipinski definition) is 3. The Hall–Kier alpha value is -4.85. The van der Waals surface area contributed by atoms with Crippen LogP contribution < -0.4 is 20.3 Å². The van der Waals surface area contributed by atoms with E-state index in [0.29, 0.717) is 11.5 Å². The van der Waals surface area contributed by atoms with Crippen LogP contribution in [0.15, 0.2) is 90.0 Å². The average molecular weight is 704 g/mol. The SMILES string of the molecule is COc1ccc(C(OC[C@@H]2C[C@@H](O[PH](=O)O)[C@H](n3cnc4c(=O)[nH]c(NC(=O)C(C)C)nc43)O2)(c2ccccc2)c2ccc(OC)cc2)cc1. The molecule has 0 radical (unpaired) electrons. The maximum Gasteiger partial charge on any atom is 0.317 e. The Bertz CT molecular complexity index is 1970. The molecule has 6 rings (SSSR count). The summed E-state index contributed by atoms with van der Waals surface area (Å²) < 4.78 is 43.3. The van der Waals surface area contributed by atoms with Crippen LogP contribution in [0, 0.1) is 5.92 Å². The average Bonchev–Trinajstić information content (AvgIpc) is 3.73. The standard InChI is InChI=1S/C35H38N5O9P/c1-21(2)31(41)38-34-37-30-29(32(42)39-34)36-20-40(30)33-28(49-50(43)44)18-27(48-33)19-47-35(22-8-6-5-7-9-22,23-10-14-25(45-3)15-11-23)24-12-16-26(46-4)17-13-24/h5-17,20-21,27-28,33,50H,18-19H2,1-4H3,(H,43,44)(H2,37,38,39,41,42)/t27-,28+,33+/m0/s1. The molecule has 3 N–H and O–H groups in total. The minimum Gasteiger partial charge on any atom is -0.497 e. The molecule has 0 spiro atoms. The number of fused-ring (bicyclic) bond motifs is 1. The fourth-order valence-corrected chi connectivity index (χ4v) is 6.50. The van der Waals surface area contributed by atoms with Gasteiger partial charge in [0.1, 0.15) is 23.2 Å².